The van der Waals surface area contributed by atoms with Crippen molar-refractivity contribution < 1.29 is 42.9 Å². The summed E-state index contributed by atoms with van der Waals surface area (Å²) in [4.78, 5) is 57.5. The van der Waals surface area contributed by atoms with E-state index >= 15 is 0 Å². The lowest BCUT2D eigenvalue weighted by atomic mass is 10.0. The zero-order valence-corrected chi connectivity index (χ0v) is 23.0. The molecule has 0 aliphatic rings. The zero-order chi connectivity index (χ0) is 28.7. The number of benzene rings is 1. The molecule has 0 fully saturated rings. The number of amides is 1. The molecule has 0 heterocycles. The molecule has 10 nitrogen and oxygen atoms in total. The average molecular weight is 548 g/mol. The van der Waals surface area contributed by atoms with Gasteiger partial charge in [0.15, 0.2) is 0 Å². The average Bonchev–Trinajstić information content (AvgIpc) is 2.90. The number of hydrogen-bond donors (Lipinski definition) is 1. The topological polar surface area (TPSA) is 134 Å². The van der Waals surface area contributed by atoms with Gasteiger partial charge in [0.1, 0.15) is 23.5 Å². The Hall–Kier alpha value is -3.53. The number of carbonyl (C=O) groups is 5. The second-order valence-corrected chi connectivity index (χ2v) is 8.90. The summed E-state index contributed by atoms with van der Waals surface area (Å²) in [5.41, 5.74) is 0. The summed E-state index contributed by atoms with van der Waals surface area (Å²) in [5, 5.41) is 2.64. The van der Waals surface area contributed by atoms with E-state index in [-0.39, 0.29) is 49.0 Å². The van der Waals surface area contributed by atoms with Crippen molar-refractivity contribution in [1.29, 1.82) is 0 Å². The molecule has 0 saturated carbocycles. The number of nitrogens with one attached hydrogen (secondary N) is 1. The number of aldehydes is 1. The van der Waals surface area contributed by atoms with E-state index in [1.165, 1.54) is 18.2 Å². The van der Waals surface area contributed by atoms with E-state index in [1.807, 2.05) is 19.1 Å². The number of esters is 3. The molecule has 1 aromatic carbocycles. The molecule has 10 heteroatoms. The van der Waals surface area contributed by atoms with E-state index < -0.39 is 17.9 Å². The van der Waals surface area contributed by atoms with E-state index in [4.69, 9.17) is 18.9 Å². The Kier molecular flexibility index (Phi) is 18.4. The molecule has 1 amide bonds. The van der Waals surface area contributed by atoms with Gasteiger partial charge < -0.3 is 29.1 Å². The van der Waals surface area contributed by atoms with Crippen molar-refractivity contribution in [1.82, 2.24) is 5.32 Å². The normalized spacial score (nSPS) is 11.5. The summed E-state index contributed by atoms with van der Waals surface area (Å²) in [6.07, 6.45) is 11.7. The maximum absolute atomic E-state index is 12.5. The first-order chi connectivity index (χ1) is 18.9. The minimum Gasteiger partial charge on any atom is -0.426 e. The lowest BCUT2D eigenvalue weighted by Gasteiger charge is -2.15. The molecule has 1 N–H and O–H groups in total. The summed E-state index contributed by atoms with van der Waals surface area (Å²) >= 11 is 0. The molecule has 0 aliphatic carbocycles. The van der Waals surface area contributed by atoms with E-state index in [0.717, 1.165) is 32.1 Å². The minimum atomic E-state index is -0.639. The molecule has 1 rings (SSSR count). The first kappa shape index (κ1) is 33.5. The van der Waals surface area contributed by atoms with E-state index in [1.54, 1.807) is 7.11 Å². The number of methoxy groups -OCH3 is 1. The summed E-state index contributed by atoms with van der Waals surface area (Å²) < 4.78 is 21.6. The highest BCUT2D eigenvalue weighted by Crippen LogP contribution is 2.29. The van der Waals surface area contributed by atoms with Gasteiger partial charge in [-0.2, -0.15) is 0 Å². The summed E-state index contributed by atoms with van der Waals surface area (Å²) in [6.45, 7) is 2.56. The van der Waals surface area contributed by atoms with Crippen molar-refractivity contribution in [3.05, 3.63) is 30.4 Å². The number of rotatable bonds is 22. The molecule has 216 valence electrons. The van der Waals surface area contributed by atoms with Crippen LogP contribution >= 0.6 is 0 Å². The molecule has 0 aromatic heterocycles. The maximum Gasteiger partial charge on any atom is 0.311 e. The smallest absolute Gasteiger partial charge is 0.311 e. The predicted molar refractivity (Wildman–Crippen MR) is 144 cm³/mol. The quantitative estimate of drug-likeness (QED) is 0.0725. The molecule has 39 heavy (non-hydrogen) atoms. The number of allylic oxidation sites excluding steroid dienone is 2. The predicted octanol–water partition coefficient (Wildman–Crippen LogP) is 4.62. The highest BCUT2D eigenvalue weighted by atomic mass is 16.6. The van der Waals surface area contributed by atoms with Gasteiger partial charge in [0.05, 0.1) is 12.5 Å². The molecule has 0 saturated heterocycles. The fourth-order valence-electron chi connectivity index (χ4n) is 3.67. The second kappa shape index (κ2) is 21.4. The number of ether oxygens (including phenoxy) is 4. The Morgan fingerprint density at radius 3 is 1.87 bits per heavy atom. The third-order valence-electron chi connectivity index (χ3n) is 5.67. The largest absolute Gasteiger partial charge is 0.426 e. The fraction of sp³-hybridized carbons (Fsp3) is 0.552. The lowest BCUT2D eigenvalue weighted by molar-refractivity contribution is -0.135. The molecule has 0 radical (unpaired) electrons. The van der Waals surface area contributed by atoms with E-state index in [0.29, 0.717) is 38.5 Å². The molecule has 0 bridgehead atoms. The Labute approximate surface area is 230 Å². The molecule has 1 atom stereocenters. The SMILES string of the molecule is C/C=C\CCCC(=O)Oc1cc(OC(=O)CCC=O)cc(OC(=O)CCCC(CCCCCNC=O)OC)c1. The van der Waals surface area contributed by atoms with Crippen molar-refractivity contribution in [2.45, 2.75) is 90.1 Å². The fourth-order valence-corrected chi connectivity index (χ4v) is 3.67. The summed E-state index contributed by atoms with van der Waals surface area (Å²) in [5.74, 6) is -1.40. The van der Waals surface area contributed by atoms with Crippen LogP contribution in [0.4, 0.5) is 0 Å². The highest BCUT2D eigenvalue weighted by molar-refractivity contribution is 5.77. The molecule has 0 aliphatic heterocycles. The van der Waals surface area contributed by atoms with Crippen molar-refractivity contribution in [3.63, 3.8) is 0 Å². The lowest BCUT2D eigenvalue weighted by Crippen LogP contribution is -2.14. The third-order valence-corrected chi connectivity index (χ3v) is 5.67. The van der Waals surface area contributed by atoms with Gasteiger partial charge in [-0.1, -0.05) is 25.0 Å². The molecular weight excluding hydrogens is 506 g/mol. The molecule has 1 unspecified atom stereocenters. The summed E-state index contributed by atoms with van der Waals surface area (Å²) in [6, 6.07) is 4.11. The number of carbonyl (C=O) groups excluding carboxylic acids is 5. The van der Waals surface area contributed by atoms with Crippen LogP contribution in [0.5, 0.6) is 17.2 Å². The molecule has 0 spiro atoms. The van der Waals surface area contributed by atoms with Crippen LogP contribution < -0.4 is 19.5 Å². The highest BCUT2D eigenvalue weighted by Gasteiger charge is 2.15. The molecular formula is C29H41NO9. The van der Waals surface area contributed by atoms with Crippen molar-refractivity contribution in [2.75, 3.05) is 13.7 Å². The van der Waals surface area contributed by atoms with Gasteiger partial charge in [0.25, 0.3) is 0 Å². The number of unbranched alkanes of at least 4 members (excludes halogenated alkanes) is 3. The van der Waals surface area contributed by atoms with Gasteiger partial charge in [0, 0.05) is 51.1 Å². The minimum absolute atomic E-state index is 0.0153. The van der Waals surface area contributed by atoms with Gasteiger partial charge in [-0.15, -0.1) is 0 Å². The van der Waals surface area contributed by atoms with Crippen LogP contribution in [0.25, 0.3) is 0 Å². The summed E-state index contributed by atoms with van der Waals surface area (Å²) in [7, 11) is 1.64. The van der Waals surface area contributed by atoms with Gasteiger partial charge in [-0.3, -0.25) is 19.2 Å². The maximum atomic E-state index is 12.5. The van der Waals surface area contributed by atoms with Gasteiger partial charge in [-0.25, -0.2) is 0 Å². The van der Waals surface area contributed by atoms with Crippen molar-refractivity contribution in [3.8, 4) is 17.2 Å². The van der Waals surface area contributed by atoms with Crippen LogP contribution in [0.2, 0.25) is 0 Å². The Bertz CT molecular complexity index is 929. The Morgan fingerprint density at radius 2 is 1.33 bits per heavy atom. The van der Waals surface area contributed by atoms with Crippen molar-refractivity contribution >= 4 is 30.6 Å². The zero-order valence-electron chi connectivity index (χ0n) is 23.0. The van der Waals surface area contributed by atoms with Crippen LogP contribution in [-0.2, 0) is 28.7 Å². The Morgan fingerprint density at radius 1 is 0.769 bits per heavy atom. The number of hydrogen-bond acceptors (Lipinski definition) is 9. The third kappa shape index (κ3) is 16.8. The van der Waals surface area contributed by atoms with Gasteiger partial charge in [0.2, 0.25) is 6.41 Å². The van der Waals surface area contributed by atoms with Crippen molar-refractivity contribution in [2.24, 2.45) is 0 Å². The van der Waals surface area contributed by atoms with Gasteiger partial charge in [-0.05, 0) is 45.4 Å². The van der Waals surface area contributed by atoms with Gasteiger partial charge >= 0.3 is 17.9 Å². The Balaban J connectivity index is 2.69. The first-order valence-electron chi connectivity index (χ1n) is 13.4. The molecule has 1 aromatic rings. The van der Waals surface area contributed by atoms with Crippen LogP contribution in [0.1, 0.15) is 84.0 Å². The monoisotopic (exact) mass is 547 g/mol. The van der Waals surface area contributed by atoms with Crippen LogP contribution in [0.15, 0.2) is 30.4 Å². The van der Waals surface area contributed by atoms with E-state index in [2.05, 4.69) is 5.32 Å². The first-order valence-corrected chi connectivity index (χ1v) is 13.4. The second-order valence-electron chi connectivity index (χ2n) is 8.90. The van der Waals surface area contributed by atoms with Crippen LogP contribution in [-0.4, -0.2) is 50.4 Å². The van der Waals surface area contributed by atoms with E-state index in [9.17, 15) is 24.0 Å². The standard InChI is InChI=1S/C29H41NO9/c1-3-4-5-8-14-27(33)37-24-19-25(21-26(20-24)39-29(35)16-11-18-31)38-28(34)15-10-13-23(36-2)12-7-6-9-17-30-22-32/h3-4,18-23H,5-17H2,1-2H3,(H,30,32)/b4-3-. The van der Waals surface area contributed by atoms with Crippen LogP contribution in [0.3, 0.4) is 0 Å². The van der Waals surface area contributed by atoms with Crippen LogP contribution in [0, 0.1) is 0 Å².